The molecule has 0 bridgehead atoms. The Morgan fingerprint density at radius 1 is 1.07 bits per heavy atom. The fraction of sp³-hybridized carbons (Fsp3) is 0.286. The molecule has 0 aliphatic rings. The molecule has 8 heteroatoms. The molecular formula is C21H22N4O2S2. The fourth-order valence-electron chi connectivity index (χ4n) is 3.11. The van der Waals surface area contributed by atoms with Gasteiger partial charge in [0.2, 0.25) is 0 Å². The number of amides is 1. The summed E-state index contributed by atoms with van der Waals surface area (Å²) in [5.41, 5.74) is 4.21. The van der Waals surface area contributed by atoms with E-state index in [4.69, 9.17) is 9.72 Å². The Labute approximate surface area is 177 Å². The molecule has 2 aromatic carbocycles. The van der Waals surface area contributed by atoms with Gasteiger partial charge in [-0.3, -0.25) is 9.69 Å². The Bertz CT molecular complexity index is 1150. The van der Waals surface area contributed by atoms with E-state index in [2.05, 4.69) is 9.88 Å². The van der Waals surface area contributed by atoms with Crippen LogP contribution in [0.5, 0.6) is 5.75 Å². The van der Waals surface area contributed by atoms with Crippen molar-refractivity contribution in [2.24, 2.45) is 0 Å². The lowest BCUT2D eigenvalue weighted by Gasteiger charge is -2.21. The summed E-state index contributed by atoms with van der Waals surface area (Å²) in [7, 11) is 5.71. The number of ether oxygens (including phenoxy) is 1. The molecule has 0 aliphatic carbocycles. The van der Waals surface area contributed by atoms with E-state index in [1.165, 1.54) is 11.3 Å². The molecule has 0 radical (unpaired) electrons. The van der Waals surface area contributed by atoms with Crippen LogP contribution in [0.2, 0.25) is 0 Å². The van der Waals surface area contributed by atoms with Gasteiger partial charge < -0.3 is 9.64 Å². The first kappa shape index (κ1) is 19.8. The van der Waals surface area contributed by atoms with Crippen molar-refractivity contribution >= 4 is 54.1 Å². The molecule has 0 aliphatic heterocycles. The second kappa shape index (κ2) is 8.44. The van der Waals surface area contributed by atoms with Gasteiger partial charge in [0.15, 0.2) is 5.13 Å². The number of anilines is 1. The Hall–Kier alpha value is -2.55. The number of carbonyl (C=O) groups excluding carboxylic acids is 1. The quantitative estimate of drug-likeness (QED) is 0.435. The van der Waals surface area contributed by atoms with Gasteiger partial charge >= 0.3 is 0 Å². The molecule has 0 fully saturated rings. The molecule has 0 atom stereocenters. The number of hydrogen-bond donors (Lipinski definition) is 0. The highest BCUT2D eigenvalue weighted by Crippen LogP contribution is 2.32. The van der Waals surface area contributed by atoms with E-state index in [1.807, 2.05) is 50.5 Å². The van der Waals surface area contributed by atoms with Crippen LogP contribution in [0.3, 0.4) is 0 Å². The normalized spacial score (nSPS) is 11.4. The van der Waals surface area contributed by atoms with Crippen molar-refractivity contribution in [2.45, 2.75) is 6.42 Å². The van der Waals surface area contributed by atoms with Gasteiger partial charge in [-0.25, -0.2) is 9.97 Å². The lowest BCUT2D eigenvalue weighted by Crippen LogP contribution is -2.33. The maximum absolute atomic E-state index is 13.4. The van der Waals surface area contributed by atoms with E-state index in [-0.39, 0.29) is 5.91 Å². The maximum atomic E-state index is 13.4. The van der Waals surface area contributed by atoms with E-state index >= 15 is 0 Å². The summed E-state index contributed by atoms with van der Waals surface area (Å²) in [4.78, 5) is 26.4. The van der Waals surface area contributed by atoms with Gasteiger partial charge in [-0.15, -0.1) is 11.3 Å². The number of thiazole rings is 2. The van der Waals surface area contributed by atoms with E-state index in [1.54, 1.807) is 28.9 Å². The first-order chi connectivity index (χ1) is 14.0. The highest BCUT2D eigenvalue weighted by atomic mass is 32.1. The standard InChI is InChI=1S/C21H22N4O2S2/c1-24(2)9-4-10-25(20(26)14-5-7-16-19(11-14)28-13-22-16)21-23-17-12-15(27-3)6-8-18(17)29-21/h5-8,11-13H,4,9-10H2,1-3H3. The van der Waals surface area contributed by atoms with Crippen molar-refractivity contribution in [2.75, 3.05) is 39.2 Å². The highest BCUT2D eigenvalue weighted by Gasteiger charge is 2.22. The maximum Gasteiger partial charge on any atom is 0.260 e. The Kier molecular flexibility index (Phi) is 5.75. The van der Waals surface area contributed by atoms with Gasteiger partial charge in [0.1, 0.15) is 5.75 Å². The van der Waals surface area contributed by atoms with Crippen LogP contribution in [0.25, 0.3) is 20.4 Å². The zero-order chi connectivity index (χ0) is 20.4. The van der Waals surface area contributed by atoms with Crippen molar-refractivity contribution < 1.29 is 9.53 Å². The minimum atomic E-state index is -0.0370. The van der Waals surface area contributed by atoms with Crippen molar-refractivity contribution in [1.29, 1.82) is 0 Å². The molecule has 0 saturated heterocycles. The summed E-state index contributed by atoms with van der Waals surface area (Å²) in [6.07, 6.45) is 0.862. The van der Waals surface area contributed by atoms with Crippen molar-refractivity contribution in [3.63, 3.8) is 0 Å². The van der Waals surface area contributed by atoms with Crippen LogP contribution in [0.1, 0.15) is 16.8 Å². The monoisotopic (exact) mass is 426 g/mol. The van der Waals surface area contributed by atoms with Crippen LogP contribution in [0.4, 0.5) is 5.13 Å². The van der Waals surface area contributed by atoms with Crippen molar-refractivity contribution in [3.05, 3.63) is 47.5 Å². The van der Waals surface area contributed by atoms with Crippen LogP contribution in [-0.2, 0) is 0 Å². The third-order valence-electron chi connectivity index (χ3n) is 4.62. The van der Waals surface area contributed by atoms with Crippen LogP contribution in [0.15, 0.2) is 41.9 Å². The molecule has 4 rings (SSSR count). The number of aromatic nitrogens is 2. The van der Waals surface area contributed by atoms with E-state index in [0.717, 1.165) is 39.1 Å². The van der Waals surface area contributed by atoms with Crippen LogP contribution in [0, 0.1) is 0 Å². The number of benzene rings is 2. The Morgan fingerprint density at radius 3 is 2.72 bits per heavy atom. The summed E-state index contributed by atoms with van der Waals surface area (Å²) in [6.45, 7) is 1.51. The van der Waals surface area contributed by atoms with Crippen LogP contribution in [-0.4, -0.2) is 55.1 Å². The summed E-state index contributed by atoms with van der Waals surface area (Å²) in [5.74, 6) is 0.723. The van der Waals surface area contributed by atoms with E-state index < -0.39 is 0 Å². The first-order valence-corrected chi connectivity index (χ1v) is 11.0. The van der Waals surface area contributed by atoms with Crippen molar-refractivity contribution in [1.82, 2.24) is 14.9 Å². The number of methoxy groups -OCH3 is 1. The first-order valence-electron chi connectivity index (χ1n) is 9.29. The topological polar surface area (TPSA) is 58.6 Å². The lowest BCUT2D eigenvalue weighted by atomic mass is 10.2. The second-order valence-corrected chi connectivity index (χ2v) is 8.87. The zero-order valence-electron chi connectivity index (χ0n) is 16.6. The van der Waals surface area contributed by atoms with Gasteiger partial charge in [-0.1, -0.05) is 11.3 Å². The third-order valence-corrected chi connectivity index (χ3v) is 6.48. The summed E-state index contributed by atoms with van der Waals surface area (Å²) >= 11 is 3.07. The predicted molar refractivity (Wildman–Crippen MR) is 121 cm³/mol. The number of carbonyl (C=O) groups is 1. The molecule has 4 aromatic rings. The summed E-state index contributed by atoms with van der Waals surface area (Å²) in [6, 6.07) is 11.5. The molecule has 2 heterocycles. The van der Waals surface area contributed by atoms with E-state index in [9.17, 15) is 4.79 Å². The SMILES string of the molecule is COc1ccc2sc(N(CCCN(C)C)C(=O)c3ccc4ncsc4c3)nc2c1. The lowest BCUT2D eigenvalue weighted by molar-refractivity contribution is 0.0986. The predicted octanol–water partition coefficient (Wildman–Crippen LogP) is 4.51. The minimum absolute atomic E-state index is 0.0370. The molecular weight excluding hydrogens is 404 g/mol. The number of hydrogen-bond acceptors (Lipinski definition) is 7. The van der Waals surface area contributed by atoms with Gasteiger partial charge in [0.05, 0.1) is 33.1 Å². The van der Waals surface area contributed by atoms with Gasteiger partial charge in [-0.05, 0) is 57.4 Å². The third kappa shape index (κ3) is 4.24. The molecule has 0 unspecified atom stereocenters. The highest BCUT2D eigenvalue weighted by molar-refractivity contribution is 7.22. The largest absolute Gasteiger partial charge is 0.497 e. The number of nitrogens with zero attached hydrogens (tertiary/aromatic N) is 4. The molecule has 2 aromatic heterocycles. The number of rotatable bonds is 7. The van der Waals surface area contributed by atoms with Gasteiger partial charge in [0, 0.05) is 18.2 Å². The second-order valence-electron chi connectivity index (χ2n) is 6.98. The molecule has 29 heavy (non-hydrogen) atoms. The molecule has 0 spiro atoms. The minimum Gasteiger partial charge on any atom is -0.497 e. The van der Waals surface area contributed by atoms with Crippen LogP contribution >= 0.6 is 22.7 Å². The Morgan fingerprint density at radius 2 is 1.93 bits per heavy atom. The zero-order valence-corrected chi connectivity index (χ0v) is 18.2. The molecule has 0 saturated carbocycles. The molecule has 150 valence electrons. The summed E-state index contributed by atoms with van der Waals surface area (Å²) in [5, 5.41) is 0.710. The molecule has 6 nitrogen and oxygen atoms in total. The molecule has 1 amide bonds. The molecule has 0 N–H and O–H groups in total. The van der Waals surface area contributed by atoms with Crippen molar-refractivity contribution in [3.8, 4) is 5.75 Å². The van der Waals surface area contributed by atoms with E-state index in [0.29, 0.717) is 17.2 Å². The fourth-order valence-corrected chi connectivity index (χ4v) is 4.80. The smallest absolute Gasteiger partial charge is 0.260 e. The average molecular weight is 427 g/mol. The summed E-state index contributed by atoms with van der Waals surface area (Å²) < 4.78 is 7.35. The van der Waals surface area contributed by atoms with Gasteiger partial charge in [0.25, 0.3) is 5.91 Å². The van der Waals surface area contributed by atoms with Crippen LogP contribution < -0.4 is 9.64 Å². The average Bonchev–Trinajstić information content (AvgIpc) is 3.35. The Balaban J connectivity index is 1.69. The van der Waals surface area contributed by atoms with Gasteiger partial charge in [-0.2, -0.15) is 0 Å². The number of fused-ring (bicyclic) bond motifs is 2.